The molecule has 3 aromatic rings. The summed E-state index contributed by atoms with van der Waals surface area (Å²) in [7, 11) is 0. The molecule has 10 heteroatoms. The molecule has 0 saturated carbocycles. The Morgan fingerprint density at radius 1 is 1.25 bits per heavy atom. The van der Waals surface area contributed by atoms with Crippen molar-refractivity contribution in [3.05, 3.63) is 91.6 Å². The largest absolute Gasteiger partial charge is 0.386 e. The van der Waals surface area contributed by atoms with Crippen LogP contribution in [0.3, 0.4) is 0 Å². The van der Waals surface area contributed by atoms with Gasteiger partial charge in [0.05, 0.1) is 28.6 Å². The SMILES string of the molecule is O=c1c(Cl)c(NCC(O)c2ccccc2F)cnn1-c1ccc([N+](=O)[O-])cc1. The van der Waals surface area contributed by atoms with Crippen molar-refractivity contribution >= 4 is 23.0 Å². The standard InChI is InChI=1S/C18H14ClFN4O4/c19-17-15(21-10-16(25)13-3-1-2-4-14(13)20)9-22-23(18(17)26)11-5-7-12(8-6-11)24(27)28/h1-9,16,21,25H,10H2. The number of nitro benzene ring substituents is 1. The Hall–Kier alpha value is -3.30. The monoisotopic (exact) mass is 404 g/mol. The Morgan fingerprint density at radius 2 is 1.93 bits per heavy atom. The molecule has 0 aliphatic heterocycles. The van der Waals surface area contributed by atoms with E-state index in [4.69, 9.17) is 11.6 Å². The lowest BCUT2D eigenvalue weighted by Crippen LogP contribution is -2.23. The zero-order valence-corrected chi connectivity index (χ0v) is 15.0. The van der Waals surface area contributed by atoms with Gasteiger partial charge in [0, 0.05) is 24.2 Å². The topological polar surface area (TPSA) is 110 Å². The zero-order chi connectivity index (χ0) is 20.3. The van der Waals surface area contributed by atoms with Gasteiger partial charge in [0.15, 0.2) is 0 Å². The van der Waals surface area contributed by atoms with Gasteiger partial charge in [-0.1, -0.05) is 29.8 Å². The number of anilines is 1. The molecule has 2 aromatic carbocycles. The molecule has 28 heavy (non-hydrogen) atoms. The summed E-state index contributed by atoms with van der Waals surface area (Å²) < 4.78 is 14.7. The summed E-state index contributed by atoms with van der Waals surface area (Å²) in [6.45, 7) is -0.0939. The van der Waals surface area contributed by atoms with E-state index in [-0.39, 0.29) is 28.5 Å². The number of nitro groups is 1. The van der Waals surface area contributed by atoms with Crippen molar-refractivity contribution in [3.63, 3.8) is 0 Å². The minimum Gasteiger partial charge on any atom is -0.386 e. The van der Waals surface area contributed by atoms with E-state index < -0.39 is 22.4 Å². The van der Waals surface area contributed by atoms with Crippen molar-refractivity contribution in [2.24, 2.45) is 0 Å². The van der Waals surface area contributed by atoms with Crippen molar-refractivity contribution in [2.75, 3.05) is 11.9 Å². The molecular formula is C18H14ClFN4O4. The Morgan fingerprint density at radius 3 is 2.57 bits per heavy atom. The lowest BCUT2D eigenvalue weighted by Gasteiger charge is -2.15. The van der Waals surface area contributed by atoms with Crippen LogP contribution >= 0.6 is 11.6 Å². The maximum Gasteiger partial charge on any atom is 0.292 e. The Bertz CT molecular complexity index is 1070. The fraction of sp³-hybridized carbons (Fsp3) is 0.111. The summed E-state index contributed by atoms with van der Waals surface area (Å²) >= 11 is 6.09. The van der Waals surface area contributed by atoms with Gasteiger partial charge in [-0.15, -0.1) is 0 Å². The quantitative estimate of drug-likeness (QED) is 0.482. The first-order chi connectivity index (χ1) is 13.4. The molecule has 1 atom stereocenters. The fourth-order valence-corrected chi connectivity index (χ4v) is 2.71. The molecule has 0 bridgehead atoms. The number of hydrogen-bond donors (Lipinski definition) is 2. The summed E-state index contributed by atoms with van der Waals surface area (Å²) in [6, 6.07) is 11.0. The maximum absolute atomic E-state index is 13.7. The van der Waals surface area contributed by atoms with E-state index in [1.807, 2.05) is 0 Å². The second-order valence-corrected chi connectivity index (χ2v) is 6.16. The van der Waals surface area contributed by atoms with Crippen LogP contribution in [0, 0.1) is 15.9 Å². The van der Waals surface area contributed by atoms with Crippen molar-refractivity contribution in [2.45, 2.75) is 6.10 Å². The number of hydrogen-bond acceptors (Lipinski definition) is 6. The molecule has 1 heterocycles. The molecule has 0 saturated heterocycles. The van der Waals surface area contributed by atoms with Crippen LogP contribution in [0.5, 0.6) is 0 Å². The third kappa shape index (κ3) is 4.00. The van der Waals surface area contributed by atoms with Gasteiger partial charge in [0.1, 0.15) is 10.8 Å². The first-order valence-electron chi connectivity index (χ1n) is 8.07. The van der Waals surface area contributed by atoms with Gasteiger partial charge >= 0.3 is 0 Å². The molecule has 1 unspecified atom stereocenters. The van der Waals surface area contributed by atoms with Crippen molar-refractivity contribution < 1.29 is 14.4 Å². The molecule has 0 amide bonds. The van der Waals surface area contributed by atoms with E-state index in [2.05, 4.69) is 10.4 Å². The van der Waals surface area contributed by atoms with Crippen LogP contribution in [-0.2, 0) is 0 Å². The summed E-state index contributed by atoms with van der Waals surface area (Å²) in [5, 5.41) is 27.4. The number of aliphatic hydroxyl groups is 1. The zero-order valence-electron chi connectivity index (χ0n) is 14.3. The lowest BCUT2D eigenvalue weighted by atomic mass is 10.1. The Balaban J connectivity index is 1.79. The first kappa shape index (κ1) is 19.5. The predicted molar refractivity (Wildman–Crippen MR) is 101 cm³/mol. The van der Waals surface area contributed by atoms with E-state index in [0.717, 1.165) is 4.68 Å². The molecule has 2 N–H and O–H groups in total. The highest BCUT2D eigenvalue weighted by atomic mass is 35.5. The first-order valence-corrected chi connectivity index (χ1v) is 8.45. The molecule has 0 radical (unpaired) electrons. The van der Waals surface area contributed by atoms with Crippen molar-refractivity contribution in [1.82, 2.24) is 9.78 Å². The molecular weight excluding hydrogens is 391 g/mol. The predicted octanol–water partition coefficient (Wildman–Crippen LogP) is 3.08. The van der Waals surface area contributed by atoms with Gasteiger partial charge < -0.3 is 10.4 Å². The maximum atomic E-state index is 13.7. The van der Waals surface area contributed by atoms with Crippen LogP contribution in [-0.4, -0.2) is 26.4 Å². The minimum absolute atomic E-state index is 0.0939. The molecule has 8 nitrogen and oxygen atoms in total. The van der Waals surface area contributed by atoms with Gasteiger partial charge in [0.2, 0.25) is 0 Å². The van der Waals surface area contributed by atoms with Crippen LogP contribution < -0.4 is 10.9 Å². The minimum atomic E-state index is -1.16. The number of benzene rings is 2. The second-order valence-electron chi connectivity index (χ2n) is 5.78. The number of aliphatic hydroxyl groups excluding tert-OH is 1. The molecule has 0 aliphatic carbocycles. The molecule has 1 aromatic heterocycles. The highest BCUT2D eigenvalue weighted by Crippen LogP contribution is 2.21. The average Bonchev–Trinajstić information content (AvgIpc) is 2.69. The number of aromatic nitrogens is 2. The Labute approximate surface area is 163 Å². The highest BCUT2D eigenvalue weighted by Gasteiger charge is 2.15. The van der Waals surface area contributed by atoms with E-state index >= 15 is 0 Å². The number of rotatable bonds is 6. The van der Waals surface area contributed by atoms with Crippen LogP contribution in [0.2, 0.25) is 5.02 Å². The van der Waals surface area contributed by atoms with E-state index in [1.165, 1.54) is 48.7 Å². The van der Waals surface area contributed by atoms with Crippen molar-refractivity contribution in [1.29, 1.82) is 0 Å². The molecule has 0 aliphatic rings. The summed E-state index contributed by atoms with van der Waals surface area (Å²) in [5.74, 6) is -0.547. The number of nitrogens with one attached hydrogen (secondary N) is 1. The Kier molecular flexibility index (Phi) is 5.67. The van der Waals surface area contributed by atoms with Gasteiger partial charge in [-0.2, -0.15) is 9.78 Å². The van der Waals surface area contributed by atoms with E-state index in [9.17, 15) is 24.4 Å². The number of nitrogens with zero attached hydrogens (tertiary/aromatic N) is 3. The fourth-order valence-electron chi connectivity index (χ4n) is 2.52. The summed E-state index contributed by atoms with van der Waals surface area (Å²) in [4.78, 5) is 22.6. The lowest BCUT2D eigenvalue weighted by molar-refractivity contribution is -0.384. The van der Waals surface area contributed by atoms with E-state index in [0.29, 0.717) is 5.69 Å². The van der Waals surface area contributed by atoms with Crippen LogP contribution in [0.25, 0.3) is 5.69 Å². The van der Waals surface area contributed by atoms with Crippen LogP contribution in [0.15, 0.2) is 59.5 Å². The third-order valence-electron chi connectivity index (χ3n) is 3.97. The molecule has 0 fully saturated rings. The van der Waals surface area contributed by atoms with Crippen LogP contribution in [0.4, 0.5) is 15.8 Å². The van der Waals surface area contributed by atoms with Gasteiger partial charge in [0.25, 0.3) is 11.2 Å². The third-order valence-corrected chi connectivity index (χ3v) is 4.34. The average molecular weight is 405 g/mol. The highest BCUT2D eigenvalue weighted by molar-refractivity contribution is 6.32. The second kappa shape index (κ2) is 8.15. The molecule has 3 rings (SSSR count). The van der Waals surface area contributed by atoms with Gasteiger partial charge in [-0.05, 0) is 18.2 Å². The summed E-state index contributed by atoms with van der Waals surface area (Å²) in [5.41, 5.74) is -0.196. The van der Waals surface area contributed by atoms with Crippen LogP contribution in [0.1, 0.15) is 11.7 Å². The smallest absolute Gasteiger partial charge is 0.292 e. The number of non-ortho nitro benzene ring substituents is 1. The number of halogens is 2. The normalized spacial score (nSPS) is 11.8. The van der Waals surface area contributed by atoms with Crippen molar-refractivity contribution in [3.8, 4) is 5.69 Å². The van der Waals surface area contributed by atoms with E-state index in [1.54, 1.807) is 6.07 Å². The molecule has 144 valence electrons. The van der Waals surface area contributed by atoms with Gasteiger partial charge in [-0.25, -0.2) is 4.39 Å². The molecule has 0 spiro atoms. The summed E-state index contributed by atoms with van der Waals surface area (Å²) in [6.07, 6.45) is 0.119. The van der Waals surface area contributed by atoms with Gasteiger partial charge in [-0.3, -0.25) is 14.9 Å².